The summed E-state index contributed by atoms with van der Waals surface area (Å²) in [4.78, 5) is 32.4. The van der Waals surface area contributed by atoms with Crippen molar-refractivity contribution in [2.45, 2.75) is 6.92 Å². The van der Waals surface area contributed by atoms with Crippen molar-refractivity contribution in [3.63, 3.8) is 0 Å². The number of nitro groups is 2. The van der Waals surface area contributed by atoms with Crippen molar-refractivity contribution in [1.82, 2.24) is 0 Å². The first kappa shape index (κ1) is 16.4. The second-order valence-electron chi connectivity index (χ2n) is 4.54. The van der Waals surface area contributed by atoms with E-state index in [0.29, 0.717) is 5.56 Å². The van der Waals surface area contributed by atoms with Crippen LogP contribution in [0.3, 0.4) is 0 Å². The summed E-state index contributed by atoms with van der Waals surface area (Å²) in [5.41, 5.74) is -0.128. The number of halogens is 1. The standard InChI is InChI=1S/C14H9ClN2O6/c1-8-2-5-12(17(21)22)13(6-8)23-14(18)10-4-3-9(16(19)20)7-11(10)15/h2-7H,1H3. The minimum atomic E-state index is -0.946. The highest BCUT2D eigenvalue weighted by Crippen LogP contribution is 2.30. The van der Waals surface area contributed by atoms with Crippen LogP contribution in [-0.4, -0.2) is 15.8 Å². The highest BCUT2D eigenvalue weighted by atomic mass is 35.5. The Kier molecular flexibility index (Phi) is 4.56. The number of non-ortho nitro benzene ring substituents is 1. The number of benzene rings is 2. The van der Waals surface area contributed by atoms with E-state index in [2.05, 4.69) is 0 Å². The number of esters is 1. The normalized spacial score (nSPS) is 10.2. The maximum absolute atomic E-state index is 12.1. The van der Waals surface area contributed by atoms with Crippen LogP contribution in [0.4, 0.5) is 11.4 Å². The molecule has 2 aromatic rings. The Morgan fingerprint density at radius 3 is 2.35 bits per heavy atom. The van der Waals surface area contributed by atoms with Crippen LogP contribution in [0.2, 0.25) is 5.02 Å². The van der Waals surface area contributed by atoms with Gasteiger partial charge in [-0.2, -0.15) is 0 Å². The van der Waals surface area contributed by atoms with Gasteiger partial charge in [0.1, 0.15) is 0 Å². The first-order chi connectivity index (χ1) is 10.8. The van der Waals surface area contributed by atoms with Crippen LogP contribution >= 0.6 is 11.6 Å². The fraction of sp³-hybridized carbons (Fsp3) is 0.0714. The Labute approximate surface area is 134 Å². The molecule has 0 amide bonds. The number of carbonyl (C=O) groups is 1. The van der Waals surface area contributed by atoms with Gasteiger partial charge in [0.15, 0.2) is 0 Å². The second-order valence-corrected chi connectivity index (χ2v) is 4.95. The number of hydrogen-bond donors (Lipinski definition) is 0. The van der Waals surface area contributed by atoms with Gasteiger partial charge in [-0.15, -0.1) is 0 Å². The van der Waals surface area contributed by atoms with Crippen LogP contribution in [-0.2, 0) is 0 Å². The predicted molar refractivity (Wildman–Crippen MR) is 80.9 cm³/mol. The first-order valence-corrected chi connectivity index (χ1v) is 6.58. The largest absolute Gasteiger partial charge is 0.415 e. The van der Waals surface area contributed by atoms with E-state index in [0.717, 1.165) is 18.2 Å². The molecular formula is C14H9ClN2O6. The summed E-state index contributed by atoms with van der Waals surface area (Å²) in [5.74, 6) is -1.17. The SMILES string of the molecule is Cc1ccc([N+](=O)[O-])c(OC(=O)c2ccc([N+](=O)[O-])cc2Cl)c1. The lowest BCUT2D eigenvalue weighted by Crippen LogP contribution is -2.10. The van der Waals surface area contributed by atoms with Crippen LogP contribution in [0.5, 0.6) is 5.75 Å². The molecule has 9 heteroatoms. The molecule has 2 rings (SSSR count). The van der Waals surface area contributed by atoms with Gasteiger partial charge in [0.05, 0.1) is 20.4 Å². The molecule has 8 nitrogen and oxygen atoms in total. The number of ether oxygens (including phenoxy) is 1. The molecule has 0 aliphatic carbocycles. The summed E-state index contributed by atoms with van der Waals surface area (Å²) in [6.45, 7) is 1.68. The van der Waals surface area contributed by atoms with E-state index in [1.165, 1.54) is 18.2 Å². The highest BCUT2D eigenvalue weighted by Gasteiger charge is 2.21. The third kappa shape index (κ3) is 3.61. The van der Waals surface area contributed by atoms with Crippen LogP contribution in [0, 0.1) is 27.2 Å². The molecule has 0 spiro atoms. The van der Waals surface area contributed by atoms with Gasteiger partial charge >= 0.3 is 11.7 Å². The van der Waals surface area contributed by atoms with E-state index >= 15 is 0 Å². The van der Waals surface area contributed by atoms with Gasteiger partial charge < -0.3 is 4.74 Å². The van der Waals surface area contributed by atoms with E-state index < -0.39 is 15.8 Å². The summed E-state index contributed by atoms with van der Waals surface area (Å²) >= 11 is 5.83. The van der Waals surface area contributed by atoms with E-state index in [1.54, 1.807) is 6.92 Å². The summed E-state index contributed by atoms with van der Waals surface area (Å²) in [6, 6.07) is 7.29. The average molecular weight is 337 g/mol. The number of nitro benzene ring substituents is 2. The van der Waals surface area contributed by atoms with Gasteiger partial charge in [0, 0.05) is 18.2 Å². The van der Waals surface area contributed by atoms with Gasteiger partial charge in [0.2, 0.25) is 5.75 Å². The number of carbonyl (C=O) groups excluding carboxylic acids is 1. The first-order valence-electron chi connectivity index (χ1n) is 6.20. The van der Waals surface area contributed by atoms with Crippen molar-refractivity contribution in [2.75, 3.05) is 0 Å². The topological polar surface area (TPSA) is 113 Å². The monoisotopic (exact) mass is 336 g/mol. The van der Waals surface area contributed by atoms with Crippen LogP contribution in [0.1, 0.15) is 15.9 Å². The molecule has 0 bridgehead atoms. The van der Waals surface area contributed by atoms with Crippen molar-refractivity contribution in [3.05, 3.63) is 72.8 Å². The maximum atomic E-state index is 12.1. The summed E-state index contributed by atoms with van der Waals surface area (Å²) < 4.78 is 5.02. The smallest absolute Gasteiger partial charge is 0.345 e. The molecule has 0 radical (unpaired) electrons. The lowest BCUT2D eigenvalue weighted by molar-refractivity contribution is -0.385. The molecule has 0 heterocycles. The average Bonchev–Trinajstić information content (AvgIpc) is 2.46. The molecule has 0 aliphatic rings. The van der Waals surface area contributed by atoms with Crippen molar-refractivity contribution < 1.29 is 19.4 Å². The molecule has 0 saturated carbocycles. The van der Waals surface area contributed by atoms with Crippen molar-refractivity contribution in [2.24, 2.45) is 0 Å². The van der Waals surface area contributed by atoms with Gasteiger partial charge in [-0.25, -0.2) is 4.79 Å². The minimum Gasteiger partial charge on any atom is -0.415 e. The van der Waals surface area contributed by atoms with Gasteiger partial charge in [-0.05, 0) is 24.6 Å². The molecular weight excluding hydrogens is 328 g/mol. The zero-order valence-corrected chi connectivity index (χ0v) is 12.4. The molecule has 0 unspecified atom stereocenters. The fourth-order valence-corrected chi connectivity index (χ4v) is 2.04. The molecule has 0 atom stereocenters. The van der Waals surface area contributed by atoms with Gasteiger partial charge in [-0.3, -0.25) is 20.2 Å². The van der Waals surface area contributed by atoms with Crippen molar-refractivity contribution in [1.29, 1.82) is 0 Å². The van der Waals surface area contributed by atoms with Crippen molar-refractivity contribution in [3.8, 4) is 5.75 Å². The van der Waals surface area contributed by atoms with E-state index in [1.807, 2.05) is 0 Å². The zero-order chi connectivity index (χ0) is 17.1. The second kappa shape index (κ2) is 6.41. The lowest BCUT2D eigenvalue weighted by Gasteiger charge is -2.07. The Bertz CT molecular complexity index is 821. The van der Waals surface area contributed by atoms with E-state index in [9.17, 15) is 25.0 Å². The Balaban J connectivity index is 2.35. The van der Waals surface area contributed by atoms with Gasteiger partial charge in [0.25, 0.3) is 5.69 Å². The van der Waals surface area contributed by atoms with Gasteiger partial charge in [-0.1, -0.05) is 17.7 Å². The number of hydrogen-bond acceptors (Lipinski definition) is 6. The number of aryl methyl sites for hydroxylation is 1. The Hall–Kier alpha value is -3.00. The molecule has 0 aromatic heterocycles. The summed E-state index contributed by atoms with van der Waals surface area (Å²) in [5, 5.41) is 21.4. The van der Waals surface area contributed by atoms with E-state index in [-0.39, 0.29) is 27.7 Å². The molecule has 0 aliphatic heterocycles. The lowest BCUT2D eigenvalue weighted by atomic mass is 10.2. The molecule has 118 valence electrons. The molecule has 23 heavy (non-hydrogen) atoms. The van der Waals surface area contributed by atoms with E-state index in [4.69, 9.17) is 16.3 Å². The summed E-state index contributed by atoms with van der Waals surface area (Å²) in [6.07, 6.45) is 0. The fourth-order valence-electron chi connectivity index (χ4n) is 1.79. The highest BCUT2D eigenvalue weighted by molar-refractivity contribution is 6.33. The number of nitrogens with zero attached hydrogens (tertiary/aromatic N) is 2. The summed E-state index contributed by atoms with van der Waals surface area (Å²) in [7, 11) is 0. The quantitative estimate of drug-likeness (QED) is 0.364. The Morgan fingerprint density at radius 1 is 1.09 bits per heavy atom. The molecule has 0 saturated heterocycles. The maximum Gasteiger partial charge on any atom is 0.345 e. The van der Waals surface area contributed by atoms with Crippen LogP contribution < -0.4 is 4.74 Å². The Morgan fingerprint density at radius 2 is 1.78 bits per heavy atom. The van der Waals surface area contributed by atoms with Crippen molar-refractivity contribution >= 4 is 28.9 Å². The third-order valence-electron chi connectivity index (χ3n) is 2.90. The number of rotatable bonds is 4. The third-order valence-corrected chi connectivity index (χ3v) is 3.21. The molecule has 0 N–H and O–H groups in total. The predicted octanol–water partition coefficient (Wildman–Crippen LogP) is 3.68. The zero-order valence-electron chi connectivity index (χ0n) is 11.7. The van der Waals surface area contributed by atoms with Crippen LogP contribution in [0.25, 0.3) is 0 Å². The van der Waals surface area contributed by atoms with Crippen LogP contribution in [0.15, 0.2) is 36.4 Å². The molecule has 2 aromatic carbocycles. The minimum absolute atomic E-state index is 0.131. The molecule has 0 fully saturated rings.